The van der Waals surface area contributed by atoms with Gasteiger partial charge in [0.25, 0.3) is 18.0 Å². The maximum Gasteiger partial charge on any atom is 0.337 e. The molecule has 0 atom stereocenters. The number of anilines is 1. The fourth-order valence-corrected chi connectivity index (χ4v) is 2.50. The number of halogens is 2. The Bertz CT molecular complexity index is 813. The van der Waals surface area contributed by atoms with Crippen molar-refractivity contribution in [2.24, 2.45) is 0 Å². The van der Waals surface area contributed by atoms with E-state index in [1.54, 1.807) is 0 Å². The number of hydrogen-bond donors (Lipinski definition) is 2. The van der Waals surface area contributed by atoms with Gasteiger partial charge in [0.1, 0.15) is 18.1 Å². The van der Waals surface area contributed by atoms with Gasteiger partial charge in [0, 0.05) is 24.4 Å². The third-order valence-electron chi connectivity index (χ3n) is 3.70. The van der Waals surface area contributed by atoms with Crippen LogP contribution in [0.4, 0.5) is 20.2 Å². The Hall–Kier alpha value is -3.28. The maximum absolute atomic E-state index is 12.5. The minimum Gasteiger partial charge on any atom is -0.487 e. The second-order valence-corrected chi connectivity index (χ2v) is 5.60. The number of alkyl halides is 2. The van der Waals surface area contributed by atoms with Crippen LogP contribution in [-0.2, 0) is 14.3 Å². The molecule has 28 heavy (non-hydrogen) atoms. The number of nitro benzene ring substituents is 1. The number of rotatable bonds is 9. The third kappa shape index (κ3) is 4.91. The summed E-state index contributed by atoms with van der Waals surface area (Å²) in [6.45, 7) is -1.48. The molecule has 0 aliphatic carbocycles. The number of nitrogens with one attached hydrogen (secondary N) is 1. The normalized spacial score (nSPS) is 13.9. The summed E-state index contributed by atoms with van der Waals surface area (Å²) in [5.74, 6) is -1.64. The molecule has 10 nitrogen and oxygen atoms in total. The van der Waals surface area contributed by atoms with Crippen molar-refractivity contribution in [2.45, 2.75) is 6.43 Å². The molecule has 1 heterocycles. The predicted molar refractivity (Wildman–Crippen MR) is 90.9 cm³/mol. The van der Waals surface area contributed by atoms with E-state index in [-0.39, 0.29) is 42.4 Å². The summed E-state index contributed by atoms with van der Waals surface area (Å²) in [6, 6.07) is 3.19. The summed E-state index contributed by atoms with van der Waals surface area (Å²) in [5.41, 5.74) is -0.718. The van der Waals surface area contributed by atoms with Crippen LogP contribution in [0, 0.1) is 10.1 Å². The summed E-state index contributed by atoms with van der Waals surface area (Å²) >= 11 is 0. The van der Waals surface area contributed by atoms with Crippen LogP contribution in [0.3, 0.4) is 0 Å². The van der Waals surface area contributed by atoms with Crippen molar-refractivity contribution in [3.05, 3.63) is 39.6 Å². The van der Waals surface area contributed by atoms with Crippen LogP contribution < -0.4 is 10.1 Å². The summed E-state index contributed by atoms with van der Waals surface area (Å²) in [4.78, 5) is 35.9. The molecule has 1 amide bonds. The van der Waals surface area contributed by atoms with Crippen LogP contribution in [0.2, 0.25) is 0 Å². The quantitative estimate of drug-likeness (QED) is 0.355. The molecule has 12 heteroatoms. The number of nitrogens with zero attached hydrogens (tertiary/aromatic N) is 2. The lowest BCUT2D eigenvalue weighted by Crippen LogP contribution is -2.31. The van der Waals surface area contributed by atoms with Crippen molar-refractivity contribution >= 4 is 23.3 Å². The van der Waals surface area contributed by atoms with Crippen molar-refractivity contribution in [1.82, 2.24) is 4.90 Å². The highest BCUT2D eigenvalue weighted by Gasteiger charge is 2.34. The van der Waals surface area contributed by atoms with E-state index in [2.05, 4.69) is 10.1 Å². The van der Waals surface area contributed by atoms with Gasteiger partial charge in [-0.2, -0.15) is 0 Å². The van der Waals surface area contributed by atoms with Crippen molar-refractivity contribution < 1.29 is 37.9 Å². The van der Waals surface area contributed by atoms with Gasteiger partial charge in [0.15, 0.2) is 0 Å². The Labute approximate surface area is 157 Å². The Kier molecular flexibility index (Phi) is 6.82. The van der Waals surface area contributed by atoms with E-state index in [9.17, 15) is 28.5 Å². The van der Waals surface area contributed by atoms with Crippen molar-refractivity contribution in [1.29, 1.82) is 0 Å². The number of aliphatic hydroxyl groups excluding tert-OH is 1. The van der Waals surface area contributed by atoms with Crippen LogP contribution >= 0.6 is 0 Å². The molecular formula is C16H17F2N3O7. The third-order valence-corrected chi connectivity index (χ3v) is 3.70. The summed E-state index contributed by atoms with van der Waals surface area (Å²) in [6.07, 6.45) is -2.78. The maximum atomic E-state index is 12.5. The van der Waals surface area contributed by atoms with E-state index in [0.717, 1.165) is 19.2 Å². The van der Waals surface area contributed by atoms with Gasteiger partial charge in [-0.3, -0.25) is 14.9 Å². The van der Waals surface area contributed by atoms with E-state index < -0.39 is 35.5 Å². The number of non-ortho nitro benzene ring substituents is 1. The molecule has 0 unspecified atom stereocenters. The van der Waals surface area contributed by atoms with E-state index in [0.29, 0.717) is 0 Å². The average Bonchev–Trinajstić information content (AvgIpc) is 2.95. The number of amides is 1. The van der Waals surface area contributed by atoms with E-state index in [1.165, 1.54) is 11.0 Å². The fraction of sp³-hybridized carbons (Fsp3) is 0.375. The lowest BCUT2D eigenvalue weighted by molar-refractivity contribution is -0.384. The number of esters is 1. The van der Waals surface area contributed by atoms with Gasteiger partial charge < -0.3 is 24.8 Å². The standard InChI is InChI=1S/C16H17F2N3O7/c1-27-16(24)12-7-20(2-3-22)15(23)14(12)19-9-4-10(21(25)26)6-11(5-9)28-8-13(17)18/h4-6,13,19,22H,2-3,7-8H2,1H3. The largest absolute Gasteiger partial charge is 0.487 e. The summed E-state index contributed by atoms with van der Waals surface area (Å²) < 4.78 is 34.1. The monoisotopic (exact) mass is 401 g/mol. The van der Waals surface area contributed by atoms with E-state index in [4.69, 9.17) is 9.84 Å². The minimum absolute atomic E-state index is 0.0194. The first-order chi connectivity index (χ1) is 13.3. The highest BCUT2D eigenvalue weighted by atomic mass is 19.3. The Morgan fingerprint density at radius 2 is 2.14 bits per heavy atom. The molecule has 0 fully saturated rings. The molecule has 1 aliphatic heterocycles. The van der Waals surface area contributed by atoms with E-state index >= 15 is 0 Å². The minimum atomic E-state index is -2.78. The molecule has 1 aromatic rings. The average molecular weight is 401 g/mol. The zero-order valence-corrected chi connectivity index (χ0v) is 14.7. The predicted octanol–water partition coefficient (Wildman–Crippen LogP) is 0.912. The smallest absolute Gasteiger partial charge is 0.337 e. The topological polar surface area (TPSA) is 131 Å². The van der Waals surface area contributed by atoms with Gasteiger partial charge in [-0.25, -0.2) is 13.6 Å². The molecule has 0 aromatic heterocycles. The number of nitro groups is 1. The molecule has 1 aliphatic rings. The van der Waals surface area contributed by atoms with Gasteiger partial charge in [-0.05, 0) is 0 Å². The van der Waals surface area contributed by atoms with Crippen LogP contribution in [0.1, 0.15) is 0 Å². The van der Waals surface area contributed by atoms with Crippen LogP contribution in [0.15, 0.2) is 29.5 Å². The van der Waals surface area contributed by atoms with Crippen LogP contribution in [0.25, 0.3) is 0 Å². The Morgan fingerprint density at radius 1 is 1.43 bits per heavy atom. The number of β-amino-alcohol motifs (C(OH)–C–C–N with tert-alkyl or cyclic N) is 1. The van der Waals surface area contributed by atoms with Crippen molar-refractivity contribution in [2.75, 3.05) is 38.7 Å². The van der Waals surface area contributed by atoms with E-state index in [1.807, 2.05) is 0 Å². The second-order valence-electron chi connectivity index (χ2n) is 5.60. The fourth-order valence-electron chi connectivity index (χ4n) is 2.50. The molecule has 1 aromatic carbocycles. The van der Waals surface area contributed by atoms with Crippen molar-refractivity contribution in [3.8, 4) is 5.75 Å². The molecular weight excluding hydrogens is 384 g/mol. The molecule has 0 saturated carbocycles. The number of aliphatic hydroxyl groups is 1. The highest BCUT2D eigenvalue weighted by Crippen LogP contribution is 2.29. The second kappa shape index (κ2) is 9.08. The molecule has 0 spiro atoms. The lowest BCUT2D eigenvalue weighted by Gasteiger charge is -2.15. The first-order valence-corrected chi connectivity index (χ1v) is 7.95. The molecule has 2 N–H and O–H groups in total. The molecule has 152 valence electrons. The highest BCUT2D eigenvalue weighted by molar-refractivity contribution is 6.08. The molecule has 0 bridgehead atoms. The Balaban J connectivity index is 2.38. The molecule has 2 rings (SSSR count). The molecule has 0 radical (unpaired) electrons. The van der Waals surface area contributed by atoms with Crippen LogP contribution in [-0.4, -0.2) is 66.6 Å². The molecule has 0 saturated heterocycles. The number of carbonyl (C=O) groups is 2. The first-order valence-electron chi connectivity index (χ1n) is 7.95. The number of benzene rings is 1. The van der Waals surface area contributed by atoms with Gasteiger partial charge in [0.2, 0.25) is 0 Å². The van der Waals surface area contributed by atoms with Gasteiger partial charge in [-0.15, -0.1) is 0 Å². The Morgan fingerprint density at radius 3 is 2.71 bits per heavy atom. The summed E-state index contributed by atoms with van der Waals surface area (Å²) in [5, 5.41) is 22.7. The summed E-state index contributed by atoms with van der Waals surface area (Å²) in [7, 11) is 1.12. The number of carbonyl (C=O) groups excluding carboxylic acids is 2. The number of methoxy groups -OCH3 is 1. The first kappa shape index (κ1) is 21.0. The number of hydrogen-bond acceptors (Lipinski definition) is 8. The number of ether oxygens (including phenoxy) is 2. The van der Waals surface area contributed by atoms with Crippen LogP contribution in [0.5, 0.6) is 5.75 Å². The SMILES string of the molecule is COC(=O)C1=C(Nc2cc(OCC(F)F)cc([N+](=O)[O-])c2)C(=O)N(CCO)C1. The van der Waals surface area contributed by atoms with Gasteiger partial charge in [-0.1, -0.05) is 0 Å². The van der Waals surface area contributed by atoms with Crippen molar-refractivity contribution in [3.63, 3.8) is 0 Å². The van der Waals surface area contributed by atoms with Gasteiger partial charge in [0.05, 0.1) is 36.8 Å². The van der Waals surface area contributed by atoms with Gasteiger partial charge >= 0.3 is 5.97 Å². The lowest BCUT2D eigenvalue weighted by atomic mass is 10.2. The zero-order chi connectivity index (χ0) is 20.8. The zero-order valence-electron chi connectivity index (χ0n) is 14.7.